The lowest BCUT2D eigenvalue weighted by molar-refractivity contribution is 0.262. The first-order valence-electron chi connectivity index (χ1n) is 6.06. The molecule has 0 bridgehead atoms. The number of phenolic OH excluding ortho intramolecular Hbond substituents is 1. The summed E-state index contributed by atoms with van der Waals surface area (Å²) in [4.78, 5) is 15.9. The number of benzene rings is 1. The first kappa shape index (κ1) is 15.1. The Morgan fingerprint density at radius 2 is 2.10 bits per heavy atom. The van der Waals surface area contributed by atoms with Gasteiger partial charge in [-0.05, 0) is 30.7 Å². The lowest BCUT2D eigenvalue weighted by atomic mass is 10.2. The molecule has 0 fully saturated rings. The minimum absolute atomic E-state index is 0.0284. The number of aromatic hydroxyl groups is 1. The molecule has 0 radical (unpaired) electrons. The van der Waals surface area contributed by atoms with Crippen molar-refractivity contribution in [2.75, 3.05) is 17.7 Å². The van der Waals surface area contributed by atoms with Crippen LogP contribution in [0.4, 0.5) is 16.2 Å². The van der Waals surface area contributed by atoms with Gasteiger partial charge in [-0.1, -0.05) is 15.9 Å². The zero-order valence-corrected chi connectivity index (χ0v) is 13.1. The van der Waals surface area contributed by atoms with Crippen molar-refractivity contribution in [3.63, 3.8) is 0 Å². The van der Waals surface area contributed by atoms with E-state index < -0.39 is 6.03 Å². The Labute approximate surface area is 130 Å². The van der Waals surface area contributed by atoms with Crippen LogP contribution >= 0.6 is 15.9 Å². The molecule has 0 aliphatic carbocycles. The molecule has 0 saturated carbocycles. The number of aromatic nitrogens is 1. The second-order valence-electron chi connectivity index (χ2n) is 4.28. The fraction of sp³-hybridized carbons (Fsp3) is 0.143. The van der Waals surface area contributed by atoms with Crippen molar-refractivity contribution in [2.24, 2.45) is 0 Å². The maximum atomic E-state index is 11.9. The third-order valence-electron chi connectivity index (χ3n) is 2.72. The summed E-state index contributed by atoms with van der Waals surface area (Å²) >= 11 is 3.32. The Morgan fingerprint density at radius 3 is 2.81 bits per heavy atom. The maximum absolute atomic E-state index is 11.9. The fourth-order valence-electron chi connectivity index (χ4n) is 1.71. The second-order valence-corrected chi connectivity index (χ2v) is 5.20. The Morgan fingerprint density at radius 1 is 1.33 bits per heavy atom. The lowest BCUT2D eigenvalue weighted by Gasteiger charge is -2.11. The quantitative estimate of drug-likeness (QED) is 0.738. The summed E-state index contributed by atoms with van der Waals surface area (Å²) in [6.07, 6.45) is 1.52. The van der Waals surface area contributed by atoms with Crippen LogP contribution in [-0.2, 0) is 0 Å². The van der Waals surface area contributed by atoms with Crippen LogP contribution in [-0.4, -0.2) is 23.2 Å². The normalized spacial score (nSPS) is 10.0. The number of aryl methyl sites for hydroxylation is 1. The minimum atomic E-state index is -0.476. The molecule has 2 rings (SSSR count). The second kappa shape index (κ2) is 6.45. The van der Waals surface area contributed by atoms with Gasteiger partial charge in [-0.25, -0.2) is 9.78 Å². The Balaban J connectivity index is 2.11. The third-order valence-corrected chi connectivity index (χ3v) is 3.17. The van der Waals surface area contributed by atoms with E-state index >= 15 is 0 Å². The van der Waals surface area contributed by atoms with Crippen LogP contribution in [0.5, 0.6) is 11.6 Å². The number of hydrogen-bond acceptors (Lipinski definition) is 4. The molecule has 0 spiro atoms. The SMILES string of the molecule is COc1cc(NC(=O)Nc2cc(Br)cc(C)c2O)ccn1. The van der Waals surface area contributed by atoms with Crippen LogP contribution in [0.15, 0.2) is 34.9 Å². The number of carbonyl (C=O) groups excluding carboxylic acids is 1. The standard InChI is InChI=1S/C14H14BrN3O3/c1-8-5-9(15)6-11(13(8)19)18-14(20)17-10-3-4-16-12(7-10)21-2/h3-7,19H,1-2H3,(H2,16,17,18,20). The van der Waals surface area contributed by atoms with Crippen molar-refractivity contribution in [2.45, 2.75) is 6.92 Å². The number of hydrogen-bond donors (Lipinski definition) is 3. The van der Waals surface area contributed by atoms with Gasteiger partial charge in [0, 0.05) is 22.4 Å². The number of halogens is 1. The molecule has 2 aromatic rings. The van der Waals surface area contributed by atoms with E-state index in [0.717, 1.165) is 4.47 Å². The van der Waals surface area contributed by atoms with Crippen molar-refractivity contribution >= 4 is 33.3 Å². The molecular weight excluding hydrogens is 338 g/mol. The summed E-state index contributed by atoms with van der Waals surface area (Å²) in [7, 11) is 1.49. The van der Waals surface area contributed by atoms with Gasteiger partial charge in [0.05, 0.1) is 12.8 Å². The average Bonchev–Trinajstić information content (AvgIpc) is 2.44. The van der Waals surface area contributed by atoms with Crippen molar-refractivity contribution in [1.29, 1.82) is 0 Å². The smallest absolute Gasteiger partial charge is 0.323 e. The number of phenols is 1. The number of urea groups is 1. The van der Waals surface area contributed by atoms with E-state index in [1.54, 1.807) is 31.2 Å². The van der Waals surface area contributed by atoms with Gasteiger partial charge in [-0.2, -0.15) is 0 Å². The molecule has 0 atom stereocenters. The minimum Gasteiger partial charge on any atom is -0.505 e. The largest absolute Gasteiger partial charge is 0.505 e. The number of ether oxygens (including phenoxy) is 1. The predicted octanol–water partition coefficient (Wildman–Crippen LogP) is 3.51. The molecule has 7 heteroatoms. The van der Waals surface area contributed by atoms with Crippen molar-refractivity contribution in [3.8, 4) is 11.6 Å². The monoisotopic (exact) mass is 351 g/mol. The number of amides is 2. The average molecular weight is 352 g/mol. The van der Waals surface area contributed by atoms with E-state index in [1.807, 2.05) is 0 Å². The number of methoxy groups -OCH3 is 1. The highest BCUT2D eigenvalue weighted by atomic mass is 79.9. The summed E-state index contributed by atoms with van der Waals surface area (Å²) in [6, 6.07) is 6.12. The van der Waals surface area contributed by atoms with Crippen LogP contribution in [0.3, 0.4) is 0 Å². The molecule has 0 saturated heterocycles. The highest BCUT2D eigenvalue weighted by molar-refractivity contribution is 9.10. The summed E-state index contributed by atoms with van der Waals surface area (Å²) in [6.45, 7) is 1.75. The van der Waals surface area contributed by atoms with E-state index in [2.05, 4.69) is 31.5 Å². The number of pyridine rings is 1. The van der Waals surface area contributed by atoms with Crippen molar-refractivity contribution < 1.29 is 14.6 Å². The van der Waals surface area contributed by atoms with Gasteiger partial charge in [0.15, 0.2) is 0 Å². The van der Waals surface area contributed by atoms with Crippen LogP contribution in [0.25, 0.3) is 0 Å². The van der Waals surface area contributed by atoms with E-state index in [1.165, 1.54) is 13.3 Å². The van der Waals surface area contributed by atoms with Gasteiger partial charge >= 0.3 is 6.03 Å². The van der Waals surface area contributed by atoms with E-state index in [4.69, 9.17) is 4.74 Å². The van der Waals surface area contributed by atoms with E-state index in [-0.39, 0.29) is 5.75 Å². The van der Waals surface area contributed by atoms with Gasteiger partial charge in [0.2, 0.25) is 5.88 Å². The molecule has 2 amide bonds. The van der Waals surface area contributed by atoms with Crippen LogP contribution < -0.4 is 15.4 Å². The molecule has 1 aromatic heterocycles. The topological polar surface area (TPSA) is 83.5 Å². The number of anilines is 2. The van der Waals surface area contributed by atoms with Crippen LogP contribution in [0.1, 0.15) is 5.56 Å². The number of rotatable bonds is 3. The Hall–Kier alpha value is -2.28. The molecule has 1 heterocycles. The first-order chi connectivity index (χ1) is 9.99. The number of nitrogens with one attached hydrogen (secondary N) is 2. The van der Waals surface area contributed by atoms with Gasteiger partial charge in [-0.15, -0.1) is 0 Å². The Kier molecular flexibility index (Phi) is 4.64. The molecule has 0 aliphatic heterocycles. The molecule has 1 aromatic carbocycles. The highest BCUT2D eigenvalue weighted by Crippen LogP contribution is 2.31. The molecule has 0 aliphatic rings. The van der Waals surface area contributed by atoms with E-state index in [9.17, 15) is 9.90 Å². The summed E-state index contributed by atoms with van der Waals surface area (Å²) in [5, 5.41) is 15.1. The number of nitrogens with zero attached hydrogens (tertiary/aromatic N) is 1. The van der Waals surface area contributed by atoms with Crippen molar-refractivity contribution in [3.05, 3.63) is 40.5 Å². The lowest BCUT2D eigenvalue weighted by Crippen LogP contribution is -2.19. The molecular formula is C14H14BrN3O3. The van der Waals surface area contributed by atoms with Gasteiger partial charge in [0.1, 0.15) is 5.75 Å². The molecule has 6 nitrogen and oxygen atoms in total. The molecule has 3 N–H and O–H groups in total. The maximum Gasteiger partial charge on any atom is 0.323 e. The fourth-order valence-corrected chi connectivity index (χ4v) is 2.29. The predicted molar refractivity (Wildman–Crippen MR) is 84.0 cm³/mol. The third kappa shape index (κ3) is 3.85. The van der Waals surface area contributed by atoms with Crippen LogP contribution in [0, 0.1) is 6.92 Å². The summed E-state index contributed by atoms with van der Waals surface area (Å²) < 4.78 is 5.74. The Bertz CT molecular complexity index is 677. The molecule has 110 valence electrons. The number of carbonyl (C=O) groups is 1. The van der Waals surface area contributed by atoms with Gasteiger partial charge in [-0.3, -0.25) is 0 Å². The van der Waals surface area contributed by atoms with Gasteiger partial charge < -0.3 is 20.5 Å². The first-order valence-corrected chi connectivity index (χ1v) is 6.86. The van der Waals surface area contributed by atoms with E-state index in [0.29, 0.717) is 22.8 Å². The highest BCUT2D eigenvalue weighted by Gasteiger charge is 2.10. The van der Waals surface area contributed by atoms with Crippen molar-refractivity contribution in [1.82, 2.24) is 4.98 Å². The molecule has 0 unspecified atom stereocenters. The summed E-state index contributed by atoms with van der Waals surface area (Å²) in [5.74, 6) is 0.426. The van der Waals surface area contributed by atoms with Crippen LogP contribution in [0.2, 0.25) is 0 Å². The molecule has 21 heavy (non-hydrogen) atoms. The van der Waals surface area contributed by atoms with Gasteiger partial charge in [0.25, 0.3) is 0 Å². The zero-order valence-electron chi connectivity index (χ0n) is 11.5. The zero-order chi connectivity index (χ0) is 15.4. The summed E-state index contributed by atoms with van der Waals surface area (Å²) in [5.41, 5.74) is 1.51.